The molecule has 0 unspecified atom stereocenters. The maximum atomic E-state index is 12.9. The van der Waals surface area contributed by atoms with Gasteiger partial charge in [0.1, 0.15) is 27.9 Å². The van der Waals surface area contributed by atoms with Crippen molar-refractivity contribution in [3.63, 3.8) is 0 Å². The number of hydrogen-bond donors (Lipinski definition) is 0. The normalized spacial score (nSPS) is 10.9. The summed E-state index contributed by atoms with van der Waals surface area (Å²) < 4.78 is 12.8. The number of methoxy groups -OCH3 is 1. The van der Waals surface area contributed by atoms with E-state index in [4.69, 9.17) is 9.47 Å². The SMILES string of the molecule is COc1cncc(Oc2cc(C(=O)Cc3nc(C)cs3)c3nccn3c2)c1. The van der Waals surface area contributed by atoms with Crippen molar-refractivity contribution in [3.8, 4) is 17.2 Å². The van der Waals surface area contributed by atoms with E-state index in [1.165, 1.54) is 11.3 Å². The first-order chi connectivity index (χ1) is 13.1. The minimum Gasteiger partial charge on any atom is -0.495 e. The van der Waals surface area contributed by atoms with Gasteiger partial charge >= 0.3 is 0 Å². The Hall–Kier alpha value is -3.26. The highest BCUT2D eigenvalue weighted by atomic mass is 32.1. The van der Waals surface area contributed by atoms with Gasteiger partial charge in [0.2, 0.25) is 0 Å². The van der Waals surface area contributed by atoms with Crippen molar-refractivity contribution in [1.29, 1.82) is 0 Å². The molecule has 27 heavy (non-hydrogen) atoms. The van der Waals surface area contributed by atoms with Crippen LogP contribution in [-0.2, 0) is 6.42 Å². The number of nitrogens with zero attached hydrogens (tertiary/aromatic N) is 4. The summed E-state index contributed by atoms with van der Waals surface area (Å²) in [6.45, 7) is 1.91. The predicted octanol–water partition coefficient (Wildman–Crippen LogP) is 3.72. The van der Waals surface area contributed by atoms with Gasteiger partial charge < -0.3 is 13.9 Å². The van der Waals surface area contributed by atoms with Gasteiger partial charge in [-0.1, -0.05) is 0 Å². The van der Waals surface area contributed by atoms with E-state index in [-0.39, 0.29) is 12.2 Å². The maximum Gasteiger partial charge on any atom is 0.173 e. The molecule has 7 nitrogen and oxygen atoms in total. The quantitative estimate of drug-likeness (QED) is 0.474. The Kier molecular flexibility index (Phi) is 4.55. The lowest BCUT2D eigenvalue weighted by atomic mass is 10.1. The van der Waals surface area contributed by atoms with Crippen LogP contribution < -0.4 is 9.47 Å². The molecule has 8 heteroatoms. The zero-order valence-electron chi connectivity index (χ0n) is 14.7. The Labute approximate surface area is 159 Å². The summed E-state index contributed by atoms with van der Waals surface area (Å²) in [4.78, 5) is 25.6. The monoisotopic (exact) mass is 380 g/mol. The van der Waals surface area contributed by atoms with Crippen LogP contribution in [0.4, 0.5) is 0 Å². The van der Waals surface area contributed by atoms with Crippen molar-refractivity contribution >= 4 is 22.8 Å². The highest BCUT2D eigenvalue weighted by Crippen LogP contribution is 2.27. The van der Waals surface area contributed by atoms with Crippen molar-refractivity contribution < 1.29 is 14.3 Å². The number of carbonyl (C=O) groups excluding carboxylic acids is 1. The van der Waals surface area contributed by atoms with Gasteiger partial charge in [-0.2, -0.15) is 0 Å². The van der Waals surface area contributed by atoms with Crippen molar-refractivity contribution in [2.24, 2.45) is 0 Å². The van der Waals surface area contributed by atoms with Gasteiger partial charge in [0, 0.05) is 29.5 Å². The highest BCUT2D eigenvalue weighted by molar-refractivity contribution is 7.09. The number of carbonyl (C=O) groups is 1. The smallest absolute Gasteiger partial charge is 0.173 e. The molecular weight excluding hydrogens is 364 g/mol. The fraction of sp³-hybridized carbons (Fsp3) is 0.158. The second-order valence-electron chi connectivity index (χ2n) is 5.89. The number of ketones is 1. The summed E-state index contributed by atoms with van der Waals surface area (Å²) in [5, 5.41) is 2.72. The molecule has 0 aliphatic heterocycles. The lowest BCUT2D eigenvalue weighted by Crippen LogP contribution is -2.07. The Morgan fingerprint density at radius 3 is 2.85 bits per heavy atom. The third-order valence-electron chi connectivity index (χ3n) is 3.90. The molecule has 0 saturated carbocycles. The Bertz CT molecular complexity index is 1120. The van der Waals surface area contributed by atoms with Crippen LogP contribution in [0.1, 0.15) is 21.1 Å². The molecule has 0 aromatic carbocycles. The van der Waals surface area contributed by atoms with E-state index < -0.39 is 0 Å². The van der Waals surface area contributed by atoms with Crippen molar-refractivity contribution in [2.45, 2.75) is 13.3 Å². The van der Waals surface area contributed by atoms with E-state index in [9.17, 15) is 4.79 Å². The van der Waals surface area contributed by atoms with Crippen LogP contribution in [0.5, 0.6) is 17.2 Å². The average molecular weight is 380 g/mol. The van der Waals surface area contributed by atoms with Crippen LogP contribution >= 0.6 is 11.3 Å². The van der Waals surface area contributed by atoms with Crippen molar-refractivity contribution in [1.82, 2.24) is 19.4 Å². The molecule has 4 aromatic heterocycles. The van der Waals surface area contributed by atoms with Crippen LogP contribution in [0.25, 0.3) is 5.65 Å². The Morgan fingerprint density at radius 2 is 2.07 bits per heavy atom. The number of thiazole rings is 1. The Morgan fingerprint density at radius 1 is 1.22 bits per heavy atom. The lowest BCUT2D eigenvalue weighted by molar-refractivity contribution is 0.0993. The lowest BCUT2D eigenvalue weighted by Gasteiger charge is -2.10. The summed E-state index contributed by atoms with van der Waals surface area (Å²) in [5.74, 6) is 1.55. The fourth-order valence-corrected chi connectivity index (χ4v) is 3.46. The zero-order chi connectivity index (χ0) is 18.8. The first-order valence-corrected chi connectivity index (χ1v) is 9.08. The molecule has 0 fully saturated rings. The molecule has 0 N–H and O–H groups in total. The summed E-state index contributed by atoms with van der Waals surface area (Å²) in [5.41, 5.74) is 1.99. The molecule has 4 heterocycles. The van der Waals surface area contributed by atoms with Crippen LogP contribution in [0.3, 0.4) is 0 Å². The van der Waals surface area contributed by atoms with Crippen LogP contribution in [-0.4, -0.2) is 32.2 Å². The second kappa shape index (κ2) is 7.16. The molecular formula is C19H16N4O3S. The molecule has 0 bridgehead atoms. The molecule has 136 valence electrons. The second-order valence-corrected chi connectivity index (χ2v) is 6.84. The summed E-state index contributed by atoms with van der Waals surface area (Å²) in [6.07, 6.45) is 8.60. The van der Waals surface area contributed by atoms with E-state index in [2.05, 4.69) is 15.0 Å². The summed E-state index contributed by atoms with van der Waals surface area (Å²) >= 11 is 1.48. The minimum absolute atomic E-state index is 0.0604. The number of aromatic nitrogens is 4. The highest BCUT2D eigenvalue weighted by Gasteiger charge is 2.16. The number of aryl methyl sites for hydroxylation is 1. The number of ether oxygens (including phenoxy) is 2. The molecule has 4 rings (SSSR count). The molecule has 4 aromatic rings. The van der Waals surface area contributed by atoms with Gasteiger partial charge in [0.05, 0.1) is 37.7 Å². The topological polar surface area (TPSA) is 78.6 Å². The first-order valence-electron chi connectivity index (χ1n) is 8.20. The number of pyridine rings is 2. The third kappa shape index (κ3) is 3.65. The number of hydrogen-bond acceptors (Lipinski definition) is 7. The molecule has 0 atom stereocenters. The summed E-state index contributed by atoms with van der Waals surface area (Å²) in [7, 11) is 1.56. The van der Waals surface area contributed by atoms with E-state index in [1.807, 2.05) is 12.3 Å². The van der Waals surface area contributed by atoms with Crippen LogP contribution in [0, 0.1) is 6.92 Å². The molecule has 0 aliphatic rings. The van der Waals surface area contributed by atoms with Crippen molar-refractivity contribution in [2.75, 3.05) is 7.11 Å². The maximum absolute atomic E-state index is 12.9. The van der Waals surface area contributed by atoms with Gasteiger partial charge in [0.15, 0.2) is 5.78 Å². The van der Waals surface area contributed by atoms with E-state index in [0.29, 0.717) is 28.5 Å². The average Bonchev–Trinajstić information content (AvgIpc) is 3.29. The third-order valence-corrected chi connectivity index (χ3v) is 4.87. The summed E-state index contributed by atoms with van der Waals surface area (Å²) in [6, 6.07) is 3.43. The molecule has 0 radical (unpaired) electrons. The van der Waals surface area contributed by atoms with Gasteiger partial charge in [-0.05, 0) is 13.0 Å². The number of Topliss-reactive ketones (excluding diaryl/α,β-unsaturated/α-hetero) is 1. The molecule has 0 amide bonds. The van der Waals surface area contributed by atoms with Crippen LogP contribution in [0.2, 0.25) is 0 Å². The number of rotatable bonds is 6. The van der Waals surface area contributed by atoms with Gasteiger partial charge in [-0.3, -0.25) is 9.78 Å². The number of imidazole rings is 1. The van der Waals surface area contributed by atoms with E-state index in [1.54, 1.807) is 54.6 Å². The molecule has 0 spiro atoms. The van der Waals surface area contributed by atoms with Crippen LogP contribution in [0.15, 0.2) is 48.5 Å². The van der Waals surface area contributed by atoms with Gasteiger partial charge in [0.25, 0.3) is 0 Å². The Balaban J connectivity index is 1.67. The molecule has 0 aliphatic carbocycles. The first kappa shape index (κ1) is 17.2. The molecule has 0 saturated heterocycles. The van der Waals surface area contributed by atoms with Gasteiger partial charge in [-0.15, -0.1) is 11.3 Å². The zero-order valence-corrected chi connectivity index (χ0v) is 15.6. The van der Waals surface area contributed by atoms with Gasteiger partial charge in [-0.25, -0.2) is 9.97 Å². The van der Waals surface area contributed by atoms with E-state index in [0.717, 1.165) is 10.7 Å². The standard InChI is InChI=1S/C19H16N4O3S/c1-12-11-27-18(22-12)7-17(24)16-6-15(10-23-4-3-21-19(16)23)26-14-5-13(25-2)8-20-9-14/h3-6,8-11H,7H2,1-2H3. The van der Waals surface area contributed by atoms with E-state index >= 15 is 0 Å². The minimum atomic E-state index is -0.0604. The number of fused-ring (bicyclic) bond motifs is 1. The van der Waals surface area contributed by atoms with Crippen molar-refractivity contribution in [3.05, 3.63) is 64.8 Å². The fourth-order valence-electron chi connectivity index (χ4n) is 2.69. The predicted molar refractivity (Wildman–Crippen MR) is 101 cm³/mol. The largest absolute Gasteiger partial charge is 0.495 e.